The zero-order valence-electron chi connectivity index (χ0n) is 12.8. The third-order valence-corrected chi connectivity index (χ3v) is 3.25. The molecule has 1 fully saturated rings. The van der Waals surface area contributed by atoms with Crippen molar-refractivity contribution in [2.45, 2.75) is 25.4 Å². The Morgan fingerprint density at radius 3 is 2.00 bits per heavy atom. The second kappa shape index (κ2) is 15.8. The summed E-state index contributed by atoms with van der Waals surface area (Å²) in [6.07, 6.45) is -2.42. The molecule has 0 aromatic rings. The number of nitrogens with one attached hydrogen (secondary N) is 1. The van der Waals surface area contributed by atoms with Gasteiger partial charge in [-0.15, -0.1) is 12.5 Å². The van der Waals surface area contributed by atoms with E-state index in [2.05, 4.69) is 10.2 Å². The van der Waals surface area contributed by atoms with E-state index in [9.17, 15) is 13.2 Å². The van der Waals surface area contributed by atoms with Gasteiger partial charge in [-0.1, -0.05) is 0 Å². The minimum Gasteiger partial charge on any atom is -1.00 e. The van der Waals surface area contributed by atoms with Gasteiger partial charge in [-0.2, -0.15) is 0 Å². The third kappa shape index (κ3) is 12.6. The molecule has 0 atom stereocenters. The van der Waals surface area contributed by atoms with E-state index in [0.717, 1.165) is 32.5 Å². The van der Waals surface area contributed by atoms with Crippen LogP contribution in [-0.2, 0) is 21.7 Å². The molecule has 0 radical (unpaired) electrons. The molecule has 1 aliphatic heterocycles. The van der Waals surface area contributed by atoms with E-state index < -0.39 is 12.2 Å². The first-order chi connectivity index (χ1) is 8.41. The van der Waals surface area contributed by atoms with Crippen molar-refractivity contribution < 1.29 is 72.1 Å². The van der Waals surface area contributed by atoms with Crippen molar-refractivity contribution in [3.8, 4) is 0 Å². The van der Waals surface area contributed by atoms with E-state index >= 15 is 0 Å². The number of alkyl halides is 3. The number of nitrogens with zero attached hydrogens (tertiary/aromatic N) is 2. The number of hydrogen-bond acceptors (Lipinski definition) is 3. The van der Waals surface area contributed by atoms with E-state index in [4.69, 9.17) is 0 Å². The molecule has 10 heteroatoms. The van der Waals surface area contributed by atoms with Gasteiger partial charge in [0.1, 0.15) is 0 Å². The maximum atomic E-state index is 12.9. The number of hydrogen-bond donors (Lipinski definition) is 1. The van der Waals surface area contributed by atoms with Crippen LogP contribution in [0, 0.1) is 6.04 Å². The SMILES string of the molecule is CN1CCCNCC[C-](C(F)(F)F)N(C)CCC1.[Cl-].[Cl-].[Cl-].[Ti+4]. The third-order valence-electron chi connectivity index (χ3n) is 3.25. The van der Waals surface area contributed by atoms with Crippen molar-refractivity contribution in [2.24, 2.45) is 0 Å². The topological polar surface area (TPSA) is 18.5 Å². The predicted octanol–water partition coefficient (Wildman–Crippen LogP) is -7.27. The molecule has 0 spiro atoms. The van der Waals surface area contributed by atoms with Crippen LogP contribution in [0.4, 0.5) is 13.2 Å². The predicted molar refractivity (Wildman–Crippen MR) is 66.1 cm³/mol. The Morgan fingerprint density at radius 2 is 1.45 bits per heavy atom. The minimum absolute atomic E-state index is 0. The molecule has 1 saturated heterocycles. The zero-order valence-corrected chi connectivity index (χ0v) is 16.6. The largest absolute Gasteiger partial charge is 4.00 e. The molecular weight excluding hydrogens is 397 g/mol. The fourth-order valence-corrected chi connectivity index (χ4v) is 2.18. The minimum atomic E-state index is -4.22. The summed E-state index contributed by atoms with van der Waals surface area (Å²) in [4.78, 5) is 3.53. The van der Waals surface area contributed by atoms with Crippen LogP contribution in [0.15, 0.2) is 0 Å². The van der Waals surface area contributed by atoms with Crippen molar-refractivity contribution in [3.05, 3.63) is 6.04 Å². The van der Waals surface area contributed by atoms with Crippen molar-refractivity contribution in [3.63, 3.8) is 0 Å². The van der Waals surface area contributed by atoms with Crippen LogP contribution in [0.1, 0.15) is 19.3 Å². The Labute approximate surface area is 165 Å². The first-order valence-corrected chi connectivity index (χ1v) is 6.44. The average molecular weight is 421 g/mol. The summed E-state index contributed by atoms with van der Waals surface area (Å²) >= 11 is 0. The normalized spacial score (nSPS) is 20.0. The number of rotatable bonds is 0. The van der Waals surface area contributed by atoms with Gasteiger partial charge in [-0.3, -0.25) is 0 Å². The summed E-state index contributed by atoms with van der Waals surface area (Å²) in [6, 6.07) is -0.418. The maximum absolute atomic E-state index is 12.9. The zero-order chi connectivity index (χ0) is 13.6. The number of halogens is 6. The van der Waals surface area contributed by atoms with E-state index in [1.54, 1.807) is 0 Å². The first-order valence-electron chi connectivity index (χ1n) is 6.44. The molecule has 132 valence electrons. The van der Waals surface area contributed by atoms with E-state index in [1.165, 1.54) is 11.9 Å². The van der Waals surface area contributed by atoms with Gasteiger partial charge in [0.15, 0.2) is 0 Å². The van der Waals surface area contributed by atoms with E-state index in [1.807, 2.05) is 7.05 Å². The molecule has 1 heterocycles. The van der Waals surface area contributed by atoms with Crippen molar-refractivity contribution in [2.75, 3.05) is 46.8 Å². The Morgan fingerprint density at radius 1 is 0.909 bits per heavy atom. The summed E-state index contributed by atoms with van der Waals surface area (Å²) in [6.45, 7) is 3.46. The standard InChI is InChI=1S/C12H23F3N3.3ClH.Ti/c1-17-8-3-6-16-7-5-11(12(13,14)15)18(2)10-4-9-17;;;;/h16H,3-10H2,1-2H3;3*1H;/q-1;;;;+4/p-3. The van der Waals surface area contributed by atoms with E-state index in [-0.39, 0.29) is 65.4 Å². The second-order valence-corrected chi connectivity index (χ2v) is 4.88. The molecular formula is C12H23Cl3F3N3Ti. The molecule has 22 heavy (non-hydrogen) atoms. The Balaban J connectivity index is -0.000000405. The monoisotopic (exact) mass is 419 g/mol. The maximum Gasteiger partial charge on any atom is 4.00 e. The van der Waals surface area contributed by atoms with Gasteiger partial charge < -0.3 is 52.3 Å². The second-order valence-electron chi connectivity index (χ2n) is 4.88. The average Bonchev–Trinajstić information content (AvgIpc) is 2.24. The van der Waals surface area contributed by atoms with Gasteiger partial charge in [0.05, 0.1) is 0 Å². The Bertz CT molecular complexity index is 251. The molecule has 0 saturated carbocycles. The fourth-order valence-electron chi connectivity index (χ4n) is 2.18. The molecule has 0 aromatic heterocycles. The summed E-state index contributed by atoms with van der Waals surface area (Å²) < 4.78 is 38.6. The van der Waals surface area contributed by atoms with Gasteiger partial charge in [0, 0.05) is 0 Å². The molecule has 3 nitrogen and oxygen atoms in total. The van der Waals surface area contributed by atoms with Crippen LogP contribution >= 0.6 is 0 Å². The first kappa shape index (κ1) is 31.1. The molecule has 1 rings (SSSR count). The summed E-state index contributed by atoms with van der Waals surface area (Å²) in [5.74, 6) is 0. The van der Waals surface area contributed by atoms with Crippen LogP contribution in [0.25, 0.3) is 0 Å². The molecule has 0 aliphatic carbocycles. The summed E-state index contributed by atoms with van der Waals surface area (Å²) in [5, 5.41) is 3.07. The van der Waals surface area contributed by atoms with Crippen molar-refractivity contribution in [1.82, 2.24) is 15.1 Å². The fraction of sp³-hybridized carbons (Fsp3) is 0.917. The Hall–Kier alpha value is 1.25. The van der Waals surface area contributed by atoms with Gasteiger partial charge in [0.2, 0.25) is 0 Å². The van der Waals surface area contributed by atoms with Crippen molar-refractivity contribution in [1.29, 1.82) is 0 Å². The van der Waals surface area contributed by atoms with Gasteiger partial charge in [-0.05, 0) is 59.7 Å². The van der Waals surface area contributed by atoms with E-state index in [0.29, 0.717) is 13.1 Å². The molecule has 1 N–H and O–H groups in total. The smallest absolute Gasteiger partial charge is 1.00 e. The molecule has 0 aromatic carbocycles. The van der Waals surface area contributed by atoms with Crippen LogP contribution in [0.5, 0.6) is 0 Å². The van der Waals surface area contributed by atoms with Crippen LogP contribution < -0.4 is 42.5 Å². The summed E-state index contributed by atoms with van der Waals surface area (Å²) in [5.41, 5.74) is 0. The van der Waals surface area contributed by atoms with Crippen LogP contribution in [0.2, 0.25) is 0 Å². The molecule has 0 bridgehead atoms. The molecule has 0 amide bonds. The van der Waals surface area contributed by atoms with Gasteiger partial charge >= 0.3 is 21.7 Å². The van der Waals surface area contributed by atoms with Crippen LogP contribution in [-0.4, -0.2) is 62.8 Å². The quantitative estimate of drug-likeness (QED) is 0.310. The Kier molecular flexibility index (Phi) is 22.3. The molecule has 0 unspecified atom stereocenters. The van der Waals surface area contributed by atoms with Crippen LogP contribution in [0.3, 0.4) is 0 Å². The van der Waals surface area contributed by atoms with Crippen molar-refractivity contribution >= 4 is 0 Å². The van der Waals surface area contributed by atoms with Gasteiger partial charge in [-0.25, -0.2) is 13.2 Å². The van der Waals surface area contributed by atoms with Gasteiger partial charge in [0.25, 0.3) is 6.18 Å². The summed E-state index contributed by atoms with van der Waals surface area (Å²) in [7, 11) is 3.55. The molecule has 1 aliphatic rings.